The second kappa shape index (κ2) is 3.06. The van der Waals surface area contributed by atoms with Crippen LogP contribution >= 0.6 is 12.6 Å². The van der Waals surface area contributed by atoms with E-state index in [2.05, 4.69) is 12.6 Å². The Labute approximate surface area is 65.5 Å². The van der Waals surface area contributed by atoms with E-state index >= 15 is 0 Å². The van der Waals surface area contributed by atoms with Crippen molar-refractivity contribution in [2.75, 3.05) is 0 Å². The number of halogens is 1. The van der Waals surface area contributed by atoms with Crippen molar-refractivity contribution in [3.8, 4) is 0 Å². The zero-order chi connectivity index (χ0) is 7.56. The Morgan fingerprint density at radius 3 is 2.70 bits per heavy atom. The van der Waals surface area contributed by atoms with Crippen LogP contribution in [0.15, 0.2) is 23.1 Å². The van der Waals surface area contributed by atoms with E-state index in [1.807, 2.05) is 6.92 Å². The first kappa shape index (κ1) is 7.61. The molecule has 0 spiro atoms. The normalized spacial score (nSPS) is 9.90. The summed E-state index contributed by atoms with van der Waals surface area (Å²) >= 11 is 4.09. The first-order chi connectivity index (χ1) is 4.74. The highest BCUT2D eigenvalue weighted by atomic mass is 32.1. The van der Waals surface area contributed by atoms with E-state index in [0.29, 0.717) is 0 Å². The Bertz CT molecular complexity index is 233. The topological polar surface area (TPSA) is 0 Å². The van der Waals surface area contributed by atoms with Crippen molar-refractivity contribution in [1.82, 2.24) is 0 Å². The van der Waals surface area contributed by atoms with E-state index in [1.165, 1.54) is 6.07 Å². The van der Waals surface area contributed by atoms with Gasteiger partial charge in [0, 0.05) is 4.90 Å². The molecular weight excluding hydrogens is 147 g/mol. The standard InChI is InChI=1S/C8H9FS/c1-2-6-5-7(10)3-4-8(6)9/h3-5,10H,2H2,1H3. The minimum atomic E-state index is -0.139. The molecular formula is C8H9FS. The third-order valence-corrected chi connectivity index (χ3v) is 1.69. The number of hydrogen-bond acceptors (Lipinski definition) is 1. The summed E-state index contributed by atoms with van der Waals surface area (Å²) < 4.78 is 12.7. The lowest BCUT2D eigenvalue weighted by atomic mass is 10.2. The molecule has 1 aromatic rings. The third-order valence-electron chi connectivity index (χ3n) is 1.41. The lowest BCUT2D eigenvalue weighted by Gasteiger charge is -1.98. The average molecular weight is 156 g/mol. The number of rotatable bonds is 1. The Kier molecular flexibility index (Phi) is 2.33. The summed E-state index contributed by atoms with van der Waals surface area (Å²) in [7, 11) is 0. The highest BCUT2D eigenvalue weighted by Crippen LogP contribution is 2.13. The van der Waals surface area contributed by atoms with Gasteiger partial charge in [0.1, 0.15) is 5.82 Å². The largest absolute Gasteiger partial charge is 0.207 e. The van der Waals surface area contributed by atoms with Gasteiger partial charge in [0.15, 0.2) is 0 Å². The van der Waals surface area contributed by atoms with Crippen LogP contribution in [0.3, 0.4) is 0 Å². The molecule has 0 bridgehead atoms. The van der Waals surface area contributed by atoms with Crippen molar-refractivity contribution in [2.45, 2.75) is 18.2 Å². The van der Waals surface area contributed by atoms with Crippen molar-refractivity contribution in [2.24, 2.45) is 0 Å². The lowest BCUT2D eigenvalue weighted by Crippen LogP contribution is -1.85. The Balaban J connectivity index is 3.09. The summed E-state index contributed by atoms with van der Waals surface area (Å²) in [6.07, 6.45) is 0.722. The molecule has 0 amide bonds. The van der Waals surface area contributed by atoms with E-state index in [-0.39, 0.29) is 5.82 Å². The molecule has 0 saturated carbocycles. The van der Waals surface area contributed by atoms with Gasteiger partial charge in [0.05, 0.1) is 0 Å². The summed E-state index contributed by atoms with van der Waals surface area (Å²) in [5.74, 6) is -0.139. The van der Waals surface area contributed by atoms with E-state index < -0.39 is 0 Å². The fraction of sp³-hybridized carbons (Fsp3) is 0.250. The van der Waals surface area contributed by atoms with E-state index in [4.69, 9.17) is 0 Å². The fourth-order valence-corrected chi connectivity index (χ4v) is 1.06. The number of hydrogen-bond donors (Lipinski definition) is 1. The van der Waals surface area contributed by atoms with Crippen molar-refractivity contribution in [1.29, 1.82) is 0 Å². The number of aryl methyl sites for hydroxylation is 1. The first-order valence-electron chi connectivity index (χ1n) is 3.21. The van der Waals surface area contributed by atoms with Crippen LogP contribution in [-0.2, 0) is 6.42 Å². The van der Waals surface area contributed by atoms with Crippen LogP contribution in [-0.4, -0.2) is 0 Å². The van der Waals surface area contributed by atoms with Crippen LogP contribution in [0.25, 0.3) is 0 Å². The quantitative estimate of drug-likeness (QED) is 0.594. The van der Waals surface area contributed by atoms with Crippen molar-refractivity contribution >= 4 is 12.6 Å². The molecule has 0 fully saturated rings. The van der Waals surface area contributed by atoms with Gasteiger partial charge in [0.2, 0.25) is 0 Å². The second-order valence-electron chi connectivity index (χ2n) is 2.13. The predicted octanol–water partition coefficient (Wildman–Crippen LogP) is 2.68. The van der Waals surface area contributed by atoms with Gasteiger partial charge in [-0.2, -0.15) is 0 Å². The molecule has 0 atom stereocenters. The smallest absolute Gasteiger partial charge is 0.126 e. The molecule has 10 heavy (non-hydrogen) atoms. The van der Waals surface area contributed by atoms with Crippen LogP contribution in [0, 0.1) is 5.82 Å². The maximum Gasteiger partial charge on any atom is 0.126 e. The first-order valence-corrected chi connectivity index (χ1v) is 3.66. The molecule has 0 N–H and O–H groups in total. The van der Waals surface area contributed by atoms with Crippen molar-refractivity contribution < 1.29 is 4.39 Å². The molecule has 1 rings (SSSR count). The molecule has 0 unspecified atom stereocenters. The van der Waals surface area contributed by atoms with Gasteiger partial charge in [-0.15, -0.1) is 12.6 Å². The molecule has 54 valence electrons. The third kappa shape index (κ3) is 1.51. The summed E-state index contributed by atoms with van der Waals surface area (Å²) in [5.41, 5.74) is 0.729. The monoisotopic (exact) mass is 156 g/mol. The molecule has 0 aromatic heterocycles. The summed E-state index contributed by atoms with van der Waals surface area (Å²) in [5, 5.41) is 0. The number of benzene rings is 1. The Morgan fingerprint density at radius 1 is 1.50 bits per heavy atom. The highest BCUT2D eigenvalue weighted by molar-refractivity contribution is 7.80. The molecule has 0 aliphatic carbocycles. The summed E-state index contributed by atoms with van der Waals surface area (Å²) in [6.45, 7) is 1.92. The van der Waals surface area contributed by atoms with Crippen LogP contribution in [0.4, 0.5) is 4.39 Å². The minimum absolute atomic E-state index is 0.139. The Hall–Kier alpha value is -0.500. The fourth-order valence-electron chi connectivity index (χ4n) is 0.832. The van der Waals surface area contributed by atoms with Gasteiger partial charge < -0.3 is 0 Å². The van der Waals surface area contributed by atoms with Gasteiger partial charge in [-0.25, -0.2) is 4.39 Å². The maximum atomic E-state index is 12.7. The van der Waals surface area contributed by atoms with Gasteiger partial charge in [-0.05, 0) is 30.2 Å². The van der Waals surface area contributed by atoms with Gasteiger partial charge in [-0.3, -0.25) is 0 Å². The lowest BCUT2D eigenvalue weighted by molar-refractivity contribution is 0.610. The molecule has 1 aromatic carbocycles. The van der Waals surface area contributed by atoms with Crippen LogP contribution in [0.1, 0.15) is 12.5 Å². The maximum absolute atomic E-state index is 12.7. The van der Waals surface area contributed by atoms with Gasteiger partial charge in [0.25, 0.3) is 0 Å². The zero-order valence-corrected chi connectivity index (χ0v) is 6.66. The van der Waals surface area contributed by atoms with Crippen LogP contribution in [0.2, 0.25) is 0 Å². The van der Waals surface area contributed by atoms with Crippen LogP contribution in [0.5, 0.6) is 0 Å². The summed E-state index contributed by atoms with van der Waals surface area (Å²) in [4.78, 5) is 0.818. The van der Waals surface area contributed by atoms with Crippen molar-refractivity contribution in [3.05, 3.63) is 29.6 Å². The predicted molar refractivity (Wildman–Crippen MR) is 43.0 cm³/mol. The molecule has 0 aliphatic rings. The van der Waals surface area contributed by atoms with E-state index in [0.717, 1.165) is 16.9 Å². The zero-order valence-electron chi connectivity index (χ0n) is 5.76. The highest BCUT2D eigenvalue weighted by Gasteiger charge is 1.97. The molecule has 0 nitrogen and oxygen atoms in total. The van der Waals surface area contributed by atoms with E-state index in [1.54, 1.807) is 12.1 Å². The van der Waals surface area contributed by atoms with Gasteiger partial charge >= 0.3 is 0 Å². The average Bonchev–Trinajstić information content (AvgIpc) is 1.94. The van der Waals surface area contributed by atoms with Crippen LogP contribution < -0.4 is 0 Å². The Morgan fingerprint density at radius 2 is 2.20 bits per heavy atom. The van der Waals surface area contributed by atoms with E-state index in [9.17, 15) is 4.39 Å². The molecule has 0 heterocycles. The minimum Gasteiger partial charge on any atom is -0.207 e. The molecule has 0 radical (unpaired) electrons. The molecule has 2 heteroatoms. The van der Waals surface area contributed by atoms with Gasteiger partial charge in [-0.1, -0.05) is 6.92 Å². The summed E-state index contributed by atoms with van der Waals surface area (Å²) in [6, 6.07) is 4.84. The molecule has 0 aliphatic heterocycles. The second-order valence-corrected chi connectivity index (χ2v) is 2.65. The molecule has 0 saturated heterocycles. The SMILES string of the molecule is CCc1cc(S)ccc1F. The van der Waals surface area contributed by atoms with Crippen molar-refractivity contribution in [3.63, 3.8) is 0 Å². The number of thiol groups is 1.